The molecule has 1 amide bonds. The van der Waals surface area contributed by atoms with E-state index in [1.165, 1.54) is 19.1 Å². The Hall–Kier alpha value is -3.32. The maximum atomic E-state index is 12.9. The van der Waals surface area contributed by atoms with Gasteiger partial charge in [-0.1, -0.05) is 37.8 Å². The van der Waals surface area contributed by atoms with Gasteiger partial charge in [-0.3, -0.25) is 4.79 Å². The molecule has 1 aliphatic heterocycles. The largest absolute Gasteiger partial charge is 0.467 e. The molecule has 0 bridgehead atoms. The minimum Gasteiger partial charge on any atom is -0.467 e. The lowest BCUT2D eigenvalue weighted by Crippen LogP contribution is -2.52. The monoisotopic (exact) mass is 456 g/mol. The van der Waals surface area contributed by atoms with E-state index in [-0.39, 0.29) is 19.2 Å². The van der Waals surface area contributed by atoms with Crippen molar-refractivity contribution in [1.82, 2.24) is 9.88 Å². The molecule has 0 radical (unpaired) electrons. The van der Waals surface area contributed by atoms with E-state index in [9.17, 15) is 14.4 Å². The molecule has 4 rings (SSSR count). The van der Waals surface area contributed by atoms with Gasteiger partial charge in [0.05, 0.1) is 25.8 Å². The van der Waals surface area contributed by atoms with Crippen LogP contribution in [0.15, 0.2) is 48.5 Å². The number of nitrogens with one attached hydrogen (secondary N) is 1. The molecular weight excluding hydrogens is 432 g/mol. The number of benzene rings is 2. The van der Waals surface area contributed by atoms with Crippen molar-refractivity contribution in [3.05, 3.63) is 70.9 Å². The van der Waals surface area contributed by atoms with Gasteiger partial charge in [0.2, 0.25) is 5.91 Å². The number of aromatic amines is 1. The smallest absolute Gasteiger partial charge is 0.337 e. The van der Waals surface area contributed by atoms with Crippen molar-refractivity contribution in [3.8, 4) is 0 Å². The number of alkyl halides is 1. The number of ether oxygens (including phenoxy) is 2. The Labute approximate surface area is 191 Å². The highest BCUT2D eigenvalue weighted by atomic mass is 35.5. The zero-order chi connectivity index (χ0) is 22.1. The zero-order valence-electron chi connectivity index (χ0n) is 17.1. The van der Waals surface area contributed by atoms with Crippen LogP contribution in [0, 0.1) is 0 Å². The highest BCUT2D eigenvalue weighted by Crippen LogP contribution is 2.41. The lowest BCUT2D eigenvalue weighted by Gasteiger charge is -2.40. The van der Waals surface area contributed by atoms with Crippen LogP contribution in [0.3, 0.4) is 0 Å². The van der Waals surface area contributed by atoms with Gasteiger partial charge in [0, 0.05) is 23.0 Å². The molecule has 0 saturated carbocycles. The average Bonchev–Trinajstić information content (AvgIpc) is 3.19. The molecule has 0 spiro atoms. The first-order chi connectivity index (χ1) is 15.0. The molecule has 2 heterocycles. The van der Waals surface area contributed by atoms with Gasteiger partial charge in [0.25, 0.3) is 0 Å². The van der Waals surface area contributed by atoms with E-state index >= 15 is 0 Å². The number of fused-ring (bicyclic) bond motifs is 3. The fourth-order valence-electron chi connectivity index (χ4n) is 4.25. The summed E-state index contributed by atoms with van der Waals surface area (Å²) < 4.78 is 9.79. The third-order valence-corrected chi connectivity index (χ3v) is 5.88. The molecule has 32 heavy (non-hydrogen) atoms. The van der Waals surface area contributed by atoms with Crippen LogP contribution in [0.2, 0.25) is 0 Å². The lowest BCUT2D eigenvalue weighted by molar-refractivity contribution is -0.154. The zero-order valence-corrected chi connectivity index (χ0v) is 17.8. The molecule has 0 unspecified atom stereocenters. The summed E-state index contributed by atoms with van der Waals surface area (Å²) in [6.07, 6.45) is 0.311. The Balaban J connectivity index is 0.00000289. The Morgan fingerprint density at radius 3 is 2.38 bits per heavy atom. The number of para-hydroxylation sites is 1. The standard InChI is InChI=1S/C23H21ClN2O5.CH4/c1-30-22(28)14-9-7-13(8-10-14)21-20-16(15-5-3-4-6-17(15)25-20)11-18(23(29)31-2)26(21)19(27)12-24;/h3-10,18,21,25H,11-12H2,1-2H3;1H4/t18-,21+;/m1./s1. The Morgan fingerprint density at radius 1 is 1.06 bits per heavy atom. The molecule has 2 atom stereocenters. The fourth-order valence-corrected chi connectivity index (χ4v) is 4.39. The van der Waals surface area contributed by atoms with Crippen molar-refractivity contribution < 1.29 is 23.9 Å². The second-order valence-electron chi connectivity index (χ2n) is 7.26. The van der Waals surface area contributed by atoms with Crippen LogP contribution in [0.1, 0.15) is 40.6 Å². The Kier molecular flexibility index (Phi) is 6.89. The van der Waals surface area contributed by atoms with Crippen LogP contribution in [0.5, 0.6) is 0 Å². The normalized spacial score (nSPS) is 17.3. The molecule has 1 aromatic heterocycles. The third kappa shape index (κ3) is 3.84. The molecule has 3 aromatic rings. The van der Waals surface area contributed by atoms with E-state index in [0.29, 0.717) is 12.0 Å². The van der Waals surface area contributed by atoms with Gasteiger partial charge in [-0.15, -0.1) is 11.6 Å². The van der Waals surface area contributed by atoms with E-state index in [4.69, 9.17) is 21.1 Å². The minimum atomic E-state index is -0.826. The van der Waals surface area contributed by atoms with E-state index in [1.807, 2.05) is 24.3 Å². The van der Waals surface area contributed by atoms with Gasteiger partial charge in [-0.25, -0.2) is 9.59 Å². The summed E-state index contributed by atoms with van der Waals surface area (Å²) in [5.74, 6) is -1.63. The number of halogens is 1. The van der Waals surface area contributed by atoms with Gasteiger partial charge in [-0.2, -0.15) is 0 Å². The molecule has 2 aromatic carbocycles. The van der Waals surface area contributed by atoms with Crippen molar-refractivity contribution in [1.29, 1.82) is 0 Å². The first kappa shape index (κ1) is 23.3. The van der Waals surface area contributed by atoms with Crippen molar-refractivity contribution in [2.24, 2.45) is 0 Å². The maximum Gasteiger partial charge on any atom is 0.337 e. The van der Waals surface area contributed by atoms with Gasteiger partial charge >= 0.3 is 11.9 Å². The molecule has 1 N–H and O–H groups in total. The van der Waals surface area contributed by atoms with Crippen LogP contribution in [0.4, 0.5) is 0 Å². The molecular formula is C24H25ClN2O5. The van der Waals surface area contributed by atoms with Crippen molar-refractivity contribution in [3.63, 3.8) is 0 Å². The first-order valence-electron chi connectivity index (χ1n) is 9.72. The molecule has 7 nitrogen and oxygen atoms in total. The summed E-state index contributed by atoms with van der Waals surface area (Å²) in [5, 5.41) is 0.987. The summed E-state index contributed by atoms with van der Waals surface area (Å²) >= 11 is 5.93. The predicted octanol–water partition coefficient (Wildman–Crippen LogP) is 3.85. The molecule has 0 fully saturated rings. The second kappa shape index (κ2) is 9.44. The summed E-state index contributed by atoms with van der Waals surface area (Å²) in [6, 6.07) is 13.1. The van der Waals surface area contributed by atoms with E-state index in [1.54, 1.807) is 24.3 Å². The average molecular weight is 457 g/mol. The summed E-state index contributed by atoms with van der Waals surface area (Å²) in [5.41, 5.74) is 3.79. The molecule has 0 aliphatic carbocycles. The number of nitrogens with zero attached hydrogens (tertiary/aromatic N) is 1. The number of hydrogen-bond acceptors (Lipinski definition) is 5. The van der Waals surface area contributed by atoms with Crippen molar-refractivity contribution in [2.75, 3.05) is 20.1 Å². The van der Waals surface area contributed by atoms with Crippen LogP contribution < -0.4 is 0 Å². The van der Waals surface area contributed by atoms with Gasteiger partial charge in [-0.05, 0) is 29.3 Å². The van der Waals surface area contributed by atoms with Crippen molar-refractivity contribution >= 4 is 40.3 Å². The van der Waals surface area contributed by atoms with Crippen LogP contribution in [-0.2, 0) is 25.5 Å². The van der Waals surface area contributed by atoms with E-state index < -0.39 is 24.0 Å². The SMILES string of the molecule is C.COC(=O)c1ccc([C@H]2c3[nH]c4ccccc4c3C[C@H](C(=O)OC)N2C(=O)CCl)cc1. The highest BCUT2D eigenvalue weighted by molar-refractivity contribution is 6.27. The second-order valence-corrected chi connectivity index (χ2v) is 7.52. The number of hydrogen-bond donors (Lipinski definition) is 1. The van der Waals surface area contributed by atoms with E-state index in [0.717, 1.165) is 27.7 Å². The summed E-state index contributed by atoms with van der Waals surface area (Å²) in [6.45, 7) is 0. The predicted molar refractivity (Wildman–Crippen MR) is 122 cm³/mol. The van der Waals surface area contributed by atoms with Crippen LogP contribution >= 0.6 is 11.6 Å². The van der Waals surface area contributed by atoms with Crippen molar-refractivity contribution in [2.45, 2.75) is 25.9 Å². The third-order valence-electron chi connectivity index (χ3n) is 5.65. The lowest BCUT2D eigenvalue weighted by atomic mass is 9.87. The fraction of sp³-hybridized carbons (Fsp3) is 0.292. The Bertz CT molecular complexity index is 1150. The molecule has 8 heteroatoms. The number of carbonyl (C=O) groups excluding carboxylic acids is 3. The number of rotatable bonds is 4. The number of esters is 2. The topological polar surface area (TPSA) is 88.7 Å². The number of amides is 1. The quantitative estimate of drug-likeness (QED) is 0.476. The number of H-pyrrole nitrogens is 1. The number of methoxy groups -OCH3 is 2. The van der Waals surface area contributed by atoms with Crippen LogP contribution in [-0.4, -0.2) is 53.9 Å². The minimum absolute atomic E-state index is 0. The molecule has 1 aliphatic rings. The van der Waals surface area contributed by atoms with E-state index in [2.05, 4.69) is 4.98 Å². The molecule has 0 saturated heterocycles. The highest BCUT2D eigenvalue weighted by Gasteiger charge is 2.43. The number of carbonyl (C=O) groups is 3. The first-order valence-corrected chi connectivity index (χ1v) is 10.3. The molecule has 168 valence electrons. The van der Waals surface area contributed by atoms with Gasteiger partial charge in [0.1, 0.15) is 11.9 Å². The van der Waals surface area contributed by atoms with Crippen LogP contribution in [0.25, 0.3) is 10.9 Å². The summed E-state index contributed by atoms with van der Waals surface area (Å²) in [7, 11) is 2.62. The summed E-state index contributed by atoms with van der Waals surface area (Å²) in [4.78, 5) is 42.4. The van der Waals surface area contributed by atoms with Gasteiger partial charge < -0.3 is 19.4 Å². The van der Waals surface area contributed by atoms with Gasteiger partial charge in [0.15, 0.2) is 0 Å². The Morgan fingerprint density at radius 2 is 1.75 bits per heavy atom. The maximum absolute atomic E-state index is 12.9. The number of aromatic nitrogens is 1.